The van der Waals surface area contributed by atoms with Crippen LogP contribution in [0.5, 0.6) is 0 Å². The Bertz CT molecular complexity index is 881. The molecule has 1 unspecified atom stereocenters. The van der Waals surface area contributed by atoms with Gasteiger partial charge in [-0.1, -0.05) is 57.2 Å². The molecule has 1 fully saturated rings. The van der Waals surface area contributed by atoms with Crippen molar-refractivity contribution in [2.45, 2.75) is 46.6 Å². The number of aryl methyl sites for hydroxylation is 1. The van der Waals surface area contributed by atoms with Crippen LogP contribution in [0.15, 0.2) is 48.7 Å². The molecule has 1 aromatic carbocycles. The Morgan fingerprint density at radius 1 is 1.07 bits per heavy atom. The highest BCUT2D eigenvalue weighted by Gasteiger charge is 2.35. The first kappa shape index (κ1) is 22.0. The molecule has 2 aromatic rings. The molecule has 0 N–H and O–H groups in total. The second kappa shape index (κ2) is 8.99. The lowest BCUT2D eigenvalue weighted by atomic mass is 9.89. The molecule has 5 nitrogen and oxygen atoms in total. The number of hydrogen-bond donors (Lipinski definition) is 0. The lowest BCUT2D eigenvalue weighted by molar-refractivity contribution is -0.145. The fourth-order valence-electron chi connectivity index (χ4n) is 4.20. The number of amides is 2. The number of rotatable bonds is 4. The van der Waals surface area contributed by atoms with Crippen LogP contribution < -0.4 is 0 Å². The molecule has 160 valence electrons. The van der Waals surface area contributed by atoms with Crippen LogP contribution in [-0.2, 0) is 9.59 Å². The van der Waals surface area contributed by atoms with E-state index in [2.05, 4.69) is 4.98 Å². The third-order valence-electron chi connectivity index (χ3n) is 5.93. The number of hydrogen-bond acceptors (Lipinski definition) is 3. The average Bonchev–Trinajstić information content (AvgIpc) is 2.74. The molecule has 1 aromatic heterocycles. The quantitative estimate of drug-likeness (QED) is 0.762. The van der Waals surface area contributed by atoms with E-state index >= 15 is 0 Å². The normalized spacial score (nSPS) is 16.2. The zero-order valence-corrected chi connectivity index (χ0v) is 18.8. The van der Waals surface area contributed by atoms with Crippen LogP contribution in [0.4, 0.5) is 0 Å². The van der Waals surface area contributed by atoms with Crippen LogP contribution in [0, 0.1) is 18.3 Å². The maximum Gasteiger partial charge on any atom is 0.227 e. The second-order valence-corrected chi connectivity index (χ2v) is 9.28. The number of carbonyl (C=O) groups is 2. The molecule has 3 rings (SSSR count). The van der Waals surface area contributed by atoms with Crippen LogP contribution in [-0.4, -0.2) is 46.7 Å². The summed E-state index contributed by atoms with van der Waals surface area (Å²) in [6.45, 7) is 9.14. The van der Waals surface area contributed by atoms with E-state index in [1.165, 1.54) is 0 Å². The molecule has 1 aliphatic heterocycles. The number of piperidine rings is 1. The van der Waals surface area contributed by atoms with Crippen molar-refractivity contribution in [1.82, 2.24) is 14.8 Å². The third kappa shape index (κ3) is 4.72. The van der Waals surface area contributed by atoms with Gasteiger partial charge in [0.25, 0.3) is 0 Å². The van der Waals surface area contributed by atoms with Crippen molar-refractivity contribution in [3.8, 4) is 0 Å². The van der Waals surface area contributed by atoms with E-state index in [1.807, 2.05) is 87.0 Å². The van der Waals surface area contributed by atoms with Crippen molar-refractivity contribution >= 4 is 11.8 Å². The lowest BCUT2D eigenvalue weighted by Crippen LogP contribution is -2.47. The van der Waals surface area contributed by atoms with Gasteiger partial charge in [0.1, 0.15) is 0 Å². The van der Waals surface area contributed by atoms with Crippen LogP contribution in [0.25, 0.3) is 0 Å². The highest BCUT2D eigenvalue weighted by Crippen LogP contribution is 2.32. The molecular weight excluding hydrogens is 374 g/mol. The number of likely N-dealkylation sites (tertiary alicyclic amines) is 1. The summed E-state index contributed by atoms with van der Waals surface area (Å²) >= 11 is 0. The van der Waals surface area contributed by atoms with Crippen LogP contribution in [0.3, 0.4) is 0 Å². The van der Waals surface area contributed by atoms with Gasteiger partial charge < -0.3 is 9.80 Å². The Hall–Kier alpha value is -2.69. The van der Waals surface area contributed by atoms with Crippen molar-refractivity contribution in [2.24, 2.45) is 11.3 Å². The van der Waals surface area contributed by atoms with Gasteiger partial charge in [-0.3, -0.25) is 14.6 Å². The summed E-state index contributed by atoms with van der Waals surface area (Å²) in [6.07, 6.45) is 3.19. The predicted molar refractivity (Wildman–Crippen MR) is 119 cm³/mol. The molecule has 0 bridgehead atoms. The number of benzene rings is 1. The molecule has 1 aliphatic rings. The minimum atomic E-state index is -0.386. The summed E-state index contributed by atoms with van der Waals surface area (Å²) in [6, 6.07) is 13.8. The van der Waals surface area contributed by atoms with Crippen molar-refractivity contribution in [1.29, 1.82) is 0 Å². The fourth-order valence-corrected chi connectivity index (χ4v) is 4.20. The zero-order chi connectivity index (χ0) is 21.9. The summed E-state index contributed by atoms with van der Waals surface area (Å²) in [5, 5.41) is 0. The first-order chi connectivity index (χ1) is 14.2. The van der Waals surface area contributed by atoms with Crippen molar-refractivity contribution in [3.63, 3.8) is 0 Å². The molecule has 0 radical (unpaired) electrons. The minimum Gasteiger partial charge on any atom is -0.342 e. The summed E-state index contributed by atoms with van der Waals surface area (Å²) < 4.78 is 0. The highest BCUT2D eigenvalue weighted by molar-refractivity contribution is 5.83. The molecule has 0 saturated carbocycles. The summed E-state index contributed by atoms with van der Waals surface area (Å²) in [5.74, 6) is 0.207. The van der Waals surface area contributed by atoms with Crippen LogP contribution in [0.2, 0.25) is 0 Å². The van der Waals surface area contributed by atoms with Gasteiger partial charge in [0.05, 0.1) is 11.7 Å². The first-order valence-electron chi connectivity index (χ1n) is 10.7. The maximum absolute atomic E-state index is 13.5. The number of pyridine rings is 1. The van der Waals surface area contributed by atoms with Crippen LogP contribution in [0.1, 0.15) is 56.5 Å². The summed E-state index contributed by atoms with van der Waals surface area (Å²) in [7, 11) is 1.88. The van der Waals surface area contributed by atoms with E-state index in [0.717, 1.165) is 16.8 Å². The number of carbonyl (C=O) groups excluding carboxylic acids is 2. The lowest BCUT2D eigenvalue weighted by Gasteiger charge is -2.38. The molecule has 2 heterocycles. The SMILES string of the molecule is Cc1cccnc1C(c1ccccc1)N(C)C(=O)C1CCN(C(=O)C(C)(C)C)CC1. The van der Waals surface area contributed by atoms with Gasteiger partial charge in [0, 0.05) is 37.7 Å². The van der Waals surface area contributed by atoms with Gasteiger partial charge in [-0.05, 0) is 37.0 Å². The zero-order valence-electron chi connectivity index (χ0n) is 18.8. The molecule has 1 saturated heterocycles. The smallest absolute Gasteiger partial charge is 0.227 e. The Labute approximate surface area is 180 Å². The predicted octanol–water partition coefficient (Wildman–Crippen LogP) is 4.22. The Balaban J connectivity index is 1.79. The standard InChI is InChI=1S/C25H33N3O2/c1-18-10-9-15-26-21(18)22(19-11-7-6-8-12-19)27(5)23(29)20-13-16-28(17-14-20)24(30)25(2,3)4/h6-12,15,20,22H,13-14,16-17H2,1-5H3. The fraction of sp³-hybridized carbons (Fsp3) is 0.480. The summed E-state index contributed by atoms with van der Waals surface area (Å²) in [4.78, 5) is 34.4. The van der Waals surface area contributed by atoms with E-state index in [9.17, 15) is 9.59 Å². The summed E-state index contributed by atoms with van der Waals surface area (Å²) in [5.41, 5.74) is 2.63. The van der Waals surface area contributed by atoms with E-state index in [0.29, 0.717) is 25.9 Å². The largest absolute Gasteiger partial charge is 0.342 e. The van der Waals surface area contributed by atoms with Crippen molar-refractivity contribution in [3.05, 3.63) is 65.5 Å². The van der Waals surface area contributed by atoms with Gasteiger partial charge in [-0.15, -0.1) is 0 Å². The van der Waals surface area contributed by atoms with E-state index in [4.69, 9.17) is 0 Å². The molecule has 1 atom stereocenters. The number of nitrogens with zero attached hydrogens (tertiary/aromatic N) is 3. The molecule has 5 heteroatoms. The Kier molecular flexibility index (Phi) is 6.59. The third-order valence-corrected chi connectivity index (χ3v) is 5.93. The molecule has 30 heavy (non-hydrogen) atoms. The second-order valence-electron chi connectivity index (χ2n) is 9.28. The highest BCUT2D eigenvalue weighted by atomic mass is 16.2. The Morgan fingerprint density at radius 2 is 1.70 bits per heavy atom. The van der Waals surface area contributed by atoms with Crippen molar-refractivity contribution in [2.75, 3.05) is 20.1 Å². The van der Waals surface area contributed by atoms with Crippen molar-refractivity contribution < 1.29 is 9.59 Å². The Morgan fingerprint density at radius 3 is 2.27 bits per heavy atom. The average molecular weight is 408 g/mol. The molecule has 2 amide bonds. The first-order valence-corrected chi connectivity index (χ1v) is 10.7. The minimum absolute atomic E-state index is 0.0748. The van der Waals surface area contributed by atoms with Gasteiger partial charge in [-0.2, -0.15) is 0 Å². The van der Waals surface area contributed by atoms with Gasteiger partial charge in [-0.25, -0.2) is 0 Å². The van der Waals surface area contributed by atoms with E-state index < -0.39 is 0 Å². The molecular formula is C25H33N3O2. The number of aromatic nitrogens is 1. The molecule has 0 aliphatic carbocycles. The molecule has 0 spiro atoms. The van der Waals surface area contributed by atoms with E-state index in [-0.39, 0.29) is 29.2 Å². The van der Waals surface area contributed by atoms with Gasteiger partial charge in [0.2, 0.25) is 11.8 Å². The van der Waals surface area contributed by atoms with Gasteiger partial charge >= 0.3 is 0 Å². The van der Waals surface area contributed by atoms with E-state index in [1.54, 1.807) is 6.20 Å². The maximum atomic E-state index is 13.5. The van der Waals surface area contributed by atoms with Crippen LogP contribution >= 0.6 is 0 Å². The monoisotopic (exact) mass is 407 g/mol. The van der Waals surface area contributed by atoms with Gasteiger partial charge in [0.15, 0.2) is 0 Å². The topological polar surface area (TPSA) is 53.5 Å².